The van der Waals surface area contributed by atoms with E-state index in [-0.39, 0.29) is 23.6 Å². The van der Waals surface area contributed by atoms with Crippen molar-refractivity contribution in [1.29, 1.82) is 0 Å². The predicted molar refractivity (Wildman–Crippen MR) is 60.9 cm³/mol. The lowest BCUT2D eigenvalue weighted by Crippen LogP contribution is -2.44. The van der Waals surface area contributed by atoms with E-state index in [4.69, 9.17) is 0 Å². The van der Waals surface area contributed by atoms with Crippen LogP contribution in [0, 0.1) is 5.92 Å². The van der Waals surface area contributed by atoms with Crippen LogP contribution in [-0.2, 0) is 9.84 Å². The van der Waals surface area contributed by atoms with Gasteiger partial charge in [-0.3, -0.25) is 0 Å². The SMILES string of the molecule is O=C(NCC1CCC1)N[C@H]1CCS(=O)(=O)C1. The van der Waals surface area contributed by atoms with Crippen LogP contribution in [0.5, 0.6) is 0 Å². The van der Waals surface area contributed by atoms with E-state index in [0.29, 0.717) is 18.9 Å². The van der Waals surface area contributed by atoms with Gasteiger partial charge in [-0.15, -0.1) is 0 Å². The minimum absolute atomic E-state index is 0.0872. The smallest absolute Gasteiger partial charge is 0.315 e. The third-order valence-electron chi connectivity index (χ3n) is 3.34. The third-order valence-corrected chi connectivity index (χ3v) is 5.11. The van der Waals surface area contributed by atoms with Crippen LogP contribution in [0.3, 0.4) is 0 Å². The van der Waals surface area contributed by atoms with Crippen LogP contribution in [0.15, 0.2) is 0 Å². The van der Waals surface area contributed by atoms with E-state index in [1.165, 1.54) is 19.3 Å². The molecule has 0 aromatic rings. The van der Waals surface area contributed by atoms with Crippen LogP contribution in [0.4, 0.5) is 4.79 Å². The van der Waals surface area contributed by atoms with Gasteiger partial charge in [-0.2, -0.15) is 0 Å². The van der Waals surface area contributed by atoms with Gasteiger partial charge in [-0.05, 0) is 25.2 Å². The average Bonchev–Trinajstić information content (AvgIpc) is 2.42. The molecule has 1 saturated carbocycles. The summed E-state index contributed by atoms with van der Waals surface area (Å²) in [4.78, 5) is 11.4. The number of rotatable bonds is 3. The summed E-state index contributed by atoms with van der Waals surface area (Å²) in [6.07, 6.45) is 4.18. The number of carbonyl (C=O) groups excluding carboxylic acids is 1. The van der Waals surface area contributed by atoms with E-state index in [9.17, 15) is 13.2 Å². The Hall–Kier alpha value is -0.780. The summed E-state index contributed by atoms with van der Waals surface area (Å²) < 4.78 is 22.3. The molecule has 16 heavy (non-hydrogen) atoms. The van der Waals surface area contributed by atoms with Gasteiger partial charge in [0, 0.05) is 12.6 Å². The Balaban J connectivity index is 1.67. The summed E-state index contributed by atoms with van der Waals surface area (Å²) in [6.45, 7) is 0.714. The van der Waals surface area contributed by atoms with Crippen LogP contribution in [0.25, 0.3) is 0 Å². The molecule has 2 amide bonds. The maximum Gasteiger partial charge on any atom is 0.315 e. The lowest BCUT2D eigenvalue weighted by molar-refractivity contribution is 0.230. The molecule has 1 saturated heterocycles. The second kappa shape index (κ2) is 4.61. The fourth-order valence-electron chi connectivity index (χ4n) is 2.08. The molecular formula is C10H18N2O3S. The molecule has 0 aromatic heterocycles. The van der Waals surface area contributed by atoms with E-state index < -0.39 is 9.84 Å². The number of urea groups is 1. The zero-order valence-corrected chi connectivity index (χ0v) is 10.1. The van der Waals surface area contributed by atoms with Gasteiger partial charge in [0.25, 0.3) is 0 Å². The zero-order valence-electron chi connectivity index (χ0n) is 9.24. The maximum absolute atomic E-state index is 11.4. The van der Waals surface area contributed by atoms with Crippen molar-refractivity contribution in [2.45, 2.75) is 31.7 Å². The fourth-order valence-corrected chi connectivity index (χ4v) is 3.75. The summed E-state index contributed by atoms with van der Waals surface area (Å²) in [5.41, 5.74) is 0. The van der Waals surface area contributed by atoms with Crippen LogP contribution < -0.4 is 10.6 Å². The van der Waals surface area contributed by atoms with Crippen LogP contribution in [0.1, 0.15) is 25.7 Å². The highest BCUT2D eigenvalue weighted by Crippen LogP contribution is 2.25. The van der Waals surface area contributed by atoms with Crippen LogP contribution in [0.2, 0.25) is 0 Å². The normalized spacial score (nSPS) is 28.4. The maximum atomic E-state index is 11.4. The minimum Gasteiger partial charge on any atom is -0.338 e. The molecule has 0 unspecified atom stereocenters. The van der Waals surface area contributed by atoms with Crippen molar-refractivity contribution in [2.24, 2.45) is 5.92 Å². The van der Waals surface area contributed by atoms with Gasteiger partial charge in [-0.1, -0.05) is 6.42 Å². The minimum atomic E-state index is -2.91. The molecule has 1 aliphatic heterocycles. The monoisotopic (exact) mass is 246 g/mol. The molecule has 92 valence electrons. The second-order valence-corrected chi connectivity index (χ2v) is 6.98. The lowest BCUT2D eigenvalue weighted by Gasteiger charge is -2.25. The number of hydrogen-bond donors (Lipinski definition) is 2. The van der Waals surface area contributed by atoms with E-state index in [1.807, 2.05) is 0 Å². The van der Waals surface area contributed by atoms with Crippen molar-refractivity contribution in [3.05, 3.63) is 0 Å². The number of nitrogens with one attached hydrogen (secondary N) is 2. The molecule has 2 fully saturated rings. The first-order valence-corrected chi connectivity index (χ1v) is 7.62. The van der Waals surface area contributed by atoms with Gasteiger partial charge < -0.3 is 10.6 Å². The van der Waals surface area contributed by atoms with Gasteiger partial charge in [0.2, 0.25) is 0 Å². The topological polar surface area (TPSA) is 75.3 Å². The van der Waals surface area contributed by atoms with Gasteiger partial charge in [-0.25, -0.2) is 13.2 Å². The standard InChI is InChI=1S/C10H18N2O3S/c13-10(11-6-8-2-1-3-8)12-9-4-5-16(14,15)7-9/h8-9H,1-7H2,(H2,11,12,13)/t9-/m0/s1. The first-order valence-electron chi connectivity index (χ1n) is 5.80. The second-order valence-electron chi connectivity index (χ2n) is 4.75. The van der Waals surface area contributed by atoms with E-state index in [1.54, 1.807) is 0 Å². The summed E-state index contributed by atoms with van der Waals surface area (Å²) in [5, 5.41) is 5.50. The predicted octanol–water partition coefficient (Wildman–Crippen LogP) is 0.273. The Morgan fingerprint density at radius 3 is 2.50 bits per heavy atom. The molecule has 0 aromatic carbocycles. The Morgan fingerprint density at radius 1 is 1.25 bits per heavy atom. The molecule has 2 rings (SSSR count). The molecule has 6 heteroatoms. The first-order chi connectivity index (χ1) is 7.55. The summed E-state index contributed by atoms with van der Waals surface area (Å²) in [6, 6.07) is -0.430. The van der Waals surface area contributed by atoms with Crippen molar-refractivity contribution < 1.29 is 13.2 Å². The van der Waals surface area contributed by atoms with Crippen molar-refractivity contribution >= 4 is 15.9 Å². The Kier molecular flexibility index (Phi) is 3.37. The molecule has 0 bridgehead atoms. The van der Waals surface area contributed by atoms with E-state index >= 15 is 0 Å². The van der Waals surface area contributed by atoms with E-state index in [2.05, 4.69) is 10.6 Å². The fraction of sp³-hybridized carbons (Fsp3) is 0.900. The molecule has 1 heterocycles. The van der Waals surface area contributed by atoms with Gasteiger partial charge >= 0.3 is 6.03 Å². The van der Waals surface area contributed by atoms with Crippen LogP contribution >= 0.6 is 0 Å². The molecule has 2 aliphatic rings. The van der Waals surface area contributed by atoms with Crippen molar-refractivity contribution in [2.75, 3.05) is 18.1 Å². The van der Waals surface area contributed by atoms with Gasteiger partial charge in [0.15, 0.2) is 9.84 Å². The van der Waals surface area contributed by atoms with Gasteiger partial charge in [0.1, 0.15) is 0 Å². The molecule has 5 nitrogen and oxygen atoms in total. The highest BCUT2D eigenvalue weighted by molar-refractivity contribution is 7.91. The Bertz CT molecular complexity index is 362. The summed E-state index contributed by atoms with van der Waals surface area (Å²) in [5.74, 6) is 0.905. The lowest BCUT2D eigenvalue weighted by atomic mass is 9.85. The molecule has 2 N–H and O–H groups in total. The molecule has 0 radical (unpaired) electrons. The number of hydrogen-bond acceptors (Lipinski definition) is 3. The quantitative estimate of drug-likeness (QED) is 0.750. The van der Waals surface area contributed by atoms with Crippen LogP contribution in [-0.4, -0.2) is 38.5 Å². The Labute approximate surface area is 95.9 Å². The molecule has 1 atom stereocenters. The molecule has 1 aliphatic carbocycles. The summed E-state index contributed by atoms with van der Waals surface area (Å²) in [7, 11) is -2.91. The number of carbonyl (C=O) groups is 1. The highest BCUT2D eigenvalue weighted by Gasteiger charge is 2.29. The Morgan fingerprint density at radius 2 is 2.00 bits per heavy atom. The van der Waals surface area contributed by atoms with E-state index in [0.717, 1.165) is 0 Å². The third kappa shape index (κ3) is 3.10. The zero-order chi connectivity index (χ0) is 11.6. The van der Waals surface area contributed by atoms with Crippen molar-refractivity contribution in [3.8, 4) is 0 Å². The number of sulfone groups is 1. The molecule has 0 spiro atoms. The average molecular weight is 246 g/mol. The van der Waals surface area contributed by atoms with Crippen molar-refractivity contribution in [3.63, 3.8) is 0 Å². The highest BCUT2D eigenvalue weighted by atomic mass is 32.2. The summed E-state index contributed by atoms with van der Waals surface area (Å²) >= 11 is 0. The number of amides is 2. The largest absolute Gasteiger partial charge is 0.338 e. The van der Waals surface area contributed by atoms with Gasteiger partial charge in [0.05, 0.1) is 11.5 Å². The molecular weight excluding hydrogens is 228 g/mol. The van der Waals surface area contributed by atoms with Crippen molar-refractivity contribution in [1.82, 2.24) is 10.6 Å². The first kappa shape index (κ1) is 11.7.